The van der Waals surface area contributed by atoms with Crippen molar-refractivity contribution in [3.05, 3.63) is 51.8 Å². The van der Waals surface area contributed by atoms with Crippen LogP contribution in [0, 0.1) is 17.0 Å². The molecule has 2 rings (SSSR count). The normalized spacial score (nSPS) is 12.3. The molecule has 2 aromatic rings. The summed E-state index contributed by atoms with van der Waals surface area (Å²) in [6, 6.07) is 6.39. The summed E-state index contributed by atoms with van der Waals surface area (Å²) in [6.45, 7) is 6.74. The zero-order valence-electron chi connectivity index (χ0n) is 16.0. The van der Waals surface area contributed by atoms with Gasteiger partial charge in [0.2, 0.25) is 0 Å². The molecule has 28 heavy (non-hydrogen) atoms. The van der Waals surface area contributed by atoms with E-state index in [4.69, 9.17) is 9.15 Å². The van der Waals surface area contributed by atoms with Crippen LogP contribution in [-0.4, -0.2) is 33.7 Å². The van der Waals surface area contributed by atoms with Crippen molar-refractivity contribution in [1.82, 2.24) is 5.32 Å². The second kappa shape index (κ2) is 8.12. The van der Waals surface area contributed by atoms with Crippen LogP contribution >= 0.6 is 0 Å². The lowest BCUT2D eigenvalue weighted by atomic mass is 10.1. The van der Waals surface area contributed by atoms with Crippen LogP contribution in [0.2, 0.25) is 0 Å². The second-order valence-electron chi connectivity index (χ2n) is 7.26. The fraction of sp³-hybridized carbons (Fsp3) is 0.368. The van der Waals surface area contributed by atoms with Gasteiger partial charge in [-0.1, -0.05) is 0 Å². The number of benzene rings is 1. The Hall–Kier alpha value is -3.36. The molecular weight excluding hydrogens is 368 g/mol. The molecule has 1 unspecified atom stereocenters. The van der Waals surface area contributed by atoms with E-state index in [9.17, 15) is 24.8 Å². The quantitative estimate of drug-likeness (QED) is 0.568. The largest absolute Gasteiger partial charge is 0.480 e. The molecule has 1 aromatic carbocycles. The first-order valence-corrected chi connectivity index (χ1v) is 8.52. The molecule has 0 aliphatic heterocycles. The van der Waals surface area contributed by atoms with Gasteiger partial charge < -0.3 is 19.6 Å². The number of non-ortho nitro benzene ring substituents is 1. The molecule has 9 nitrogen and oxygen atoms in total. The fourth-order valence-corrected chi connectivity index (χ4v) is 2.52. The maximum Gasteiger partial charge on any atom is 0.408 e. The Balaban J connectivity index is 2.15. The van der Waals surface area contributed by atoms with Crippen LogP contribution in [0.4, 0.5) is 10.5 Å². The summed E-state index contributed by atoms with van der Waals surface area (Å²) in [5.41, 5.74) is 0.527. The molecule has 0 bridgehead atoms. The molecule has 1 atom stereocenters. The SMILES string of the molecule is Cc1cc([N+](=O)[O-])ccc1-c1ccc(CC(NC(=O)OC(C)(C)C)C(=O)O)o1. The number of nitro groups is 1. The molecule has 2 N–H and O–H groups in total. The maximum atomic E-state index is 11.8. The van der Waals surface area contributed by atoms with Crippen LogP contribution in [-0.2, 0) is 16.0 Å². The van der Waals surface area contributed by atoms with Crippen LogP contribution in [0.25, 0.3) is 11.3 Å². The highest BCUT2D eigenvalue weighted by Gasteiger charge is 2.25. The number of carbonyl (C=O) groups is 2. The Labute approximate surface area is 161 Å². The van der Waals surface area contributed by atoms with Crippen molar-refractivity contribution >= 4 is 17.7 Å². The van der Waals surface area contributed by atoms with Crippen molar-refractivity contribution < 1.29 is 28.8 Å². The summed E-state index contributed by atoms with van der Waals surface area (Å²) in [5.74, 6) is -0.435. The van der Waals surface area contributed by atoms with Crippen LogP contribution in [0.5, 0.6) is 0 Å². The molecular formula is C19H22N2O7. The molecule has 150 valence electrons. The Morgan fingerprint density at radius 1 is 1.29 bits per heavy atom. The lowest BCUT2D eigenvalue weighted by molar-refractivity contribution is -0.384. The van der Waals surface area contributed by atoms with Gasteiger partial charge in [-0.05, 0) is 51.5 Å². The highest BCUT2D eigenvalue weighted by Crippen LogP contribution is 2.28. The Morgan fingerprint density at radius 2 is 1.96 bits per heavy atom. The number of alkyl carbamates (subject to hydrolysis) is 1. The first-order valence-electron chi connectivity index (χ1n) is 8.52. The first kappa shape index (κ1) is 20.9. The number of hydrogen-bond donors (Lipinski definition) is 2. The molecule has 1 amide bonds. The van der Waals surface area contributed by atoms with Gasteiger partial charge in [0.05, 0.1) is 4.92 Å². The maximum absolute atomic E-state index is 11.8. The number of rotatable bonds is 6. The van der Waals surface area contributed by atoms with Gasteiger partial charge in [-0.25, -0.2) is 9.59 Å². The third-order valence-electron chi connectivity index (χ3n) is 3.74. The lowest BCUT2D eigenvalue weighted by Gasteiger charge is -2.21. The molecule has 1 heterocycles. The topological polar surface area (TPSA) is 132 Å². The summed E-state index contributed by atoms with van der Waals surface area (Å²) in [5, 5.41) is 22.5. The van der Waals surface area contributed by atoms with Gasteiger partial charge in [-0.3, -0.25) is 10.1 Å². The van der Waals surface area contributed by atoms with Crippen LogP contribution < -0.4 is 5.32 Å². The van der Waals surface area contributed by atoms with Gasteiger partial charge in [0, 0.05) is 24.1 Å². The minimum Gasteiger partial charge on any atom is -0.480 e. The van der Waals surface area contributed by atoms with Gasteiger partial charge in [0.15, 0.2) is 0 Å². The van der Waals surface area contributed by atoms with E-state index in [0.29, 0.717) is 22.6 Å². The van der Waals surface area contributed by atoms with Crippen molar-refractivity contribution in [2.45, 2.75) is 45.8 Å². The summed E-state index contributed by atoms with van der Waals surface area (Å²) in [6.07, 6.45) is -0.918. The number of amides is 1. The van der Waals surface area contributed by atoms with Gasteiger partial charge in [-0.2, -0.15) is 0 Å². The third-order valence-corrected chi connectivity index (χ3v) is 3.74. The number of aryl methyl sites for hydroxylation is 1. The van der Waals surface area contributed by atoms with Gasteiger partial charge in [0.25, 0.3) is 5.69 Å². The number of carboxylic acid groups (broad SMARTS) is 1. The van der Waals surface area contributed by atoms with E-state index in [0.717, 1.165) is 0 Å². The smallest absolute Gasteiger partial charge is 0.408 e. The molecule has 1 aromatic heterocycles. The highest BCUT2D eigenvalue weighted by atomic mass is 16.6. The fourth-order valence-electron chi connectivity index (χ4n) is 2.52. The first-order chi connectivity index (χ1) is 13.0. The highest BCUT2D eigenvalue weighted by molar-refractivity contribution is 5.80. The van der Waals surface area contributed by atoms with Crippen LogP contribution in [0.3, 0.4) is 0 Å². The number of nitrogens with zero attached hydrogens (tertiary/aromatic N) is 1. The van der Waals surface area contributed by atoms with Crippen molar-refractivity contribution in [3.8, 4) is 11.3 Å². The zero-order valence-corrected chi connectivity index (χ0v) is 16.0. The monoisotopic (exact) mass is 390 g/mol. The Bertz CT molecular complexity index is 896. The minimum atomic E-state index is -1.23. The number of hydrogen-bond acceptors (Lipinski definition) is 6. The van der Waals surface area contributed by atoms with E-state index in [1.165, 1.54) is 12.1 Å². The number of ether oxygens (including phenoxy) is 1. The summed E-state index contributed by atoms with van der Waals surface area (Å²) >= 11 is 0. The van der Waals surface area contributed by atoms with E-state index in [1.807, 2.05) is 0 Å². The number of furan rings is 1. The summed E-state index contributed by atoms with van der Waals surface area (Å²) < 4.78 is 10.8. The molecule has 9 heteroatoms. The Kier molecular flexibility index (Phi) is 6.07. The summed E-state index contributed by atoms with van der Waals surface area (Å²) in [7, 11) is 0. The van der Waals surface area contributed by atoms with Crippen molar-refractivity contribution in [2.75, 3.05) is 0 Å². The third kappa shape index (κ3) is 5.57. The predicted molar refractivity (Wildman–Crippen MR) is 100 cm³/mol. The summed E-state index contributed by atoms with van der Waals surface area (Å²) in [4.78, 5) is 33.7. The van der Waals surface area contributed by atoms with E-state index in [-0.39, 0.29) is 12.1 Å². The van der Waals surface area contributed by atoms with Crippen LogP contribution in [0.1, 0.15) is 32.1 Å². The minimum absolute atomic E-state index is 0.0273. The van der Waals surface area contributed by atoms with Crippen molar-refractivity contribution in [3.63, 3.8) is 0 Å². The van der Waals surface area contributed by atoms with E-state index < -0.39 is 28.6 Å². The van der Waals surface area contributed by atoms with Crippen LogP contribution in [0.15, 0.2) is 34.7 Å². The number of carbonyl (C=O) groups excluding carboxylic acids is 1. The molecule has 0 spiro atoms. The number of aliphatic carboxylic acids is 1. The van der Waals surface area contributed by atoms with Gasteiger partial charge >= 0.3 is 12.1 Å². The molecule has 0 aliphatic carbocycles. The Morgan fingerprint density at radius 3 is 2.50 bits per heavy atom. The van der Waals surface area contributed by atoms with Gasteiger partial charge in [-0.15, -0.1) is 0 Å². The molecule has 0 saturated carbocycles. The standard InChI is InChI=1S/C19H22N2O7/c1-11-9-12(21(25)26)5-7-14(11)16-8-6-13(27-16)10-15(17(22)23)20-18(24)28-19(2,3)4/h5-9,15H,10H2,1-4H3,(H,20,24)(H,22,23). The predicted octanol–water partition coefficient (Wildman–Crippen LogP) is 3.68. The van der Waals surface area contributed by atoms with Crippen molar-refractivity contribution in [2.24, 2.45) is 0 Å². The average Bonchev–Trinajstić information content (AvgIpc) is 3.00. The number of nitrogens with one attached hydrogen (secondary N) is 1. The van der Waals surface area contributed by atoms with E-state index in [2.05, 4.69) is 5.32 Å². The second-order valence-corrected chi connectivity index (χ2v) is 7.26. The number of carboxylic acids is 1. The zero-order chi connectivity index (χ0) is 21.1. The molecule has 0 fully saturated rings. The molecule has 0 radical (unpaired) electrons. The van der Waals surface area contributed by atoms with Gasteiger partial charge in [0.1, 0.15) is 23.2 Å². The lowest BCUT2D eigenvalue weighted by Crippen LogP contribution is -2.44. The molecule has 0 aliphatic rings. The van der Waals surface area contributed by atoms with Crippen molar-refractivity contribution in [1.29, 1.82) is 0 Å². The molecule has 0 saturated heterocycles. The average molecular weight is 390 g/mol. The number of nitro benzene ring substituents is 1. The van der Waals surface area contributed by atoms with E-state index in [1.54, 1.807) is 45.9 Å². The van der Waals surface area contributed by atoms with E-state index >= 15 is 0 Å².